The molecule has 0 aliphatic heterocycles. The van der Waals surface area contributed by atoms with Crippen molar-refractivity contribution in [3.63, 3.8) is 0 Å². The summed E-state index contributed by atoms with van der Waals surface area (Å²) in [6, 6.07) is 17.6. The minimum absolute atomic E-state index is 0.389. The third-order valence-corrected chi connectivity index (χ3v) is 3.44. The van der Waals surface area contributed by atoms with Gasteiger partial charge >= 0.3 is 8.25 Å². The van der Waals surface area contributed by atoms with Crippen LogP contribution in [-0.4, -0.2) is 4.89 Å². The summed E-state index contributed by atoms with van der Waals surface area (Å²) in [6.07, 6.45) is 0.196. The van der Waals surface area contributed by atoms with E-state index in [1.54, 1.807) is 0 Å². The third kappa shape index (κ3) is 4.32. The van der Waals surface area contributed by atoms with Gasteiger partial charge in [0, 0.05) is 6.42 Å². The van der Waals surface area contributed by atoms with E-state index in [0.29, 0.717) is 6.42 Å². The smallest absolute Gasteiger partial charge is 0.317 e. The zero-order chi connectivity index (χ0) is 13.7. The molecule has 0 aliphatic carbocycles. The van der Waals surface area contributed by atoms with Crippen LogP contribution in [0.15, 0.2) is 54.6 Å². The summed E-state index contributed by atoms with van der Waals surface area (Å²) in [5, 5.41) is 0. The summed E-state index contributed by atoms with van der Waals surface area (Å²) in [5.41, 5.74) is 3.19. The number of benzene rings is 2. The molecule has 100 valence electrons. The molecule has 0 radical (unpaired) electrons. The molecule has 2 aromatic rings. The molecule has 0 bridgehead atoms. The second-order valence-corrected chi connectivity index (χ2v) is 5.24. The average Bonchev–Trinajstić information content (AvgIpc) is 2.41. The molecule has 0 aromatic heterocycles. The van der Waals surface area contributed by atoms with E-state index >= 15 is 0 Å². The fraction of sp³-hybridized carbons (Fsp3) is 0.200. The maximum Gasteiger partial charge on any atom is 0.317 e. The normalized spacial score (nSPS) is 14.0. The lowest BCUT2D eigenvalue weighted by molar-refractivity contribution is 0.191. The summed E-state index contributed by atoms with van der Waals surface area (Å²) in [6.45, 7) is 2.03. The molecule has 3 nitrogen and oxygen atoms in total. The molecule has 2 unspecified atom stereocenters. The first kappa shape index (κ1) is 14.0. The Kier molecular flexibility index (Phi) is 4.92. The Balaban J connectivity index is 2.19. The van der Waals surface area contributed by atoms with Gasteiger partial charge in [-0.25, -0.2) is 0 Å². The quantitative estimate of drug-likeness (QED) is 0.847. The van der Waals surface area contributed by atoms with Gasteiger partial charge in [-0.1, -0.05) is 60.2 Å². The molecule has 0 fully saturated rings. The first-order chi connectivity index (χ1) is 9.15. The molecule has 0 heterocycles. The van der Waals surface area contributed by atoms with Crippen molar-refractivity contribution < 1.29 is 14.0 Å². The average molecular weight is 276 g/mol. The van der Waals surface area contributed by atoms with Gasteiger partial charge in [-0.3, -0.25) is 4.57 Å². The van der Waals surface area contributed by atoms with Crippen LogP contribution in [0.5, 0.6) is 0 Å². The molecule has 0 saturated heterocycles. The van der Waals surface area contributed by atoms with Crippen molar-refractivity contribution in [1.82, 2.24) is 0 Å². The number of hydrogen-bond donors (Lipinski definition) is 1. The zero-order valence-corrected chi connectivity index (χ0v) is 11.7. The van der Waals surface area contributed by atoms with Crippen molar-refractivity contribution >= 4 is 8.25 Å². The van der Waals surface area contributed by atoms with Crippen molar-refractivity contribution in [2.45, 2.75) is 19.4 Å². The van der Waals surface area contributed by atoms with Crippen LogP contribution in [0.2, 0.25) is 0 Å². The molecular weight excluding hydrogens is 259 g/mol. The fourth-order valence-electron chi connectivity index (χ4n) is 1.96. The molecule has 0 amide bonds. The Morgan fingerprint density at radius 2 is 1.74 bits per heavy atom. The number of rotatable bonds is 5. The largest absolute Gasteiger partial charge is 0.326 e. The molecule has 2 atom stereocenters. The van der Waals surface area contributed by atoms with E-state index in [-0.39, 0.29) is 6.10 Å². The molecule has 1 N–H and O–H groups in total. The van der Waals surface area contributed by atoms with E-state index in [9.17, 15) is 4.57 Å². The minimum atomic E-state index is -2.96. The maximum atomic E-state index is 11.0. The van der Waals surface area contributed by atoms with Crippen LogP contribution in [0.4, 0.5) is 0 Å². The van der Waals surface area contributed by atoms with E-state index in [1.807, 2.05) is 61.5 Å². The highest BCUT2D eigenvalue weighted by molar-refractivity contribution is 7.32. The molecule has 0 saturated carbocycles. The second-order valence-electron chi connectivity index (χ2n) is 4.47. The van der Waals surface area contributed by atoms with E-state index < -0.39 is 8.25 Å². The van der Waals surface area contributed by atoms with Gasteiger partial charge in [0.1, 0.15) is 0 Å². The van der Waals surface area contributed by atoms with Crippen molar-refractivity contribution in [1.29, 1.82) is 0 Å². The van der Waals surface area contributed by atoms with Crippen molar-refractivity contribution in [2.75, 3.05) is 0 Å². The highest BCUT2D eigenvalue weighted by Gasteiger charge is 2.14. The standard InChI is InChI=1S/C15H17O3P/c1-12-7-9-13(10-8-12)11-15(18-19(16)17)14-5-3-2-4-6-14/h2-10,15,19H,11H2,1H3,(H,16,17). The molecule has 4 heteroatoms. The first-order valence-corrected chi connectivity index (χ1v) is 7.41. The third-order valence-electron chi connectivity index (χ3n) is 2.96. The second kappa shape index (κ2) is 6.67. The topological polar surface area (TPSA) is 46.5 Å². The van der Waals surface area contributed by atoms with Gasteiger partial charge in [-0.05, 0) is 18.1 Å². The lowest BCUT2D eigenvalue weighted by atomic mass is 10.0. The van der Waals surface area contributed by atoms with Crippen LogP contribution >= 0.6 is 8.25 Å². The molecular formula is C15H17O3P. The van der Waals surface area contributed by atoms with E-state index in [2.05, 4.69) is 0 Å². The fourth-order valence-corrected chi connectivity index (χ4v) is 2.42. The molecule has 2 rings (SSSR count). The van der Waals surface area contributed by atoms with E-state index in [0.717, 1.165) is 11.1 Å². The van der Waals surface area contributed by atoms with Crippen molar-refractivity contribution in [3.8, 4) is 0 Å². The van der Waals surface area contributed by atoms with Crippen LogP contribution in [-0.2, 0) is 15.5 Å². The molecule has 2 aromatic carbocycles. The van der Waals surface area contributed by atoms with Crippen LogP contribution < -0.4 is 0 Å². The number of hydrogen-bond acceptors (Lipinski definition) is 2. The van der Waals surface area contributed by atoms with Gasteiger partial charge in [-0.2, -0.15) is 0 Å². The van der Waals surface area contributed by atoms with E-state index in [4.69, 9.17) is 9.42 Å². The lowest BCUT2D eigenvalue weighted by Crippen LogP contribution is -2.04. The molecule has 19 heavy (non-hydrogen) atoms. The maximum absolute atomic E-state index is 11.0. The number of aryl methyl sites for hydroxylation is 1. The lowest BCUT2D eigenvalue weighted by Gasteiger charge is -2.16. The summed E-state index contributed by atoms with van der Waals surface area (Å²) >= 11 is 0. The molecule has 0 spiro atoms. The highest BCUT2D eigenvalue weighted by Crippen LogP contribution is 2.31. The Labute approximate surface area is 113 Å². The van der Waals surface area contributed by atoms with Crippen molar-refractivity contribution in [3.05, 3.63) is 71.3 Å². The monoisotopic (exact) mass is 276 g/mol. The van der Waals surface area contributed by atoms with Gasteiger partial charge in [-0.15, -0.1) is 0 Å². The molecule has 0 aliphatic rings. The Bertz CT molecular complexity index is 537. The minimum Gasteiger partial charge on any atom is -0.326 e. The Morgan fingerprint density at radius 1 is 1.11 bits per heavy atom. The predicted molar refractivity (Wildman–Crippen MR) is 76.4 cm³/mol. The van der Waals surface area contributed by atoms with Gasteiger partial charge in [0.15, 0.2) is 0 Å². The highest BCUT2D eigenvalue weighted by atomic mass is 31.1. The summed E-state index contributed by atoms with van der Waals surface area (Å²) < 4.78 is 16.2. The van der Waals surface area contributed by atoms with Gasteiger partial charge < -0.3 is 9.42 Å². The van der Waals surface area contributed by atoms with Gasteiger partial charge in [0.25, 0.3) is 0 Å². The summed E-state index contributed by atoms with van der Waals surface area (Å²) in [4.78, 5) is 9.03. The first-order valence-electron chi connectivity index (χ1n) is 6.15. The van der Waals surface area contributed by atoms with Crippen LogP contribution in [0.1, 0.15) is 22.8 Å². The van der Waals surface area contributed by atoms with Crippen LogP contribution in [0.25, 0.3) is 0 Å². The summed E-state index contributed by atoms with van der Waals surface area (Å²) in [5.74, 6) is 0. The summed E-state index contributed by atoms with van der Waals surface area (Å²) in [7, 11) is -2.96. The zero-order valence-electron chi connectivity index (χ0n) is 10.7. The SMILES string of the molecule is Cc1ccc(CC(O[PH](=O)O)c2ccccc2)cc1. The van der Waals surface area contributed by atoms with E-state index in [1.165, 1.54) is 5.56 Å². The van der Waals surface area contributed by atoms with Gasteiger partial charge in [0.2, 0.25) is 0 Å². The predicted octanol–water partition coefficient (Wildman–Crippen LogP) is 3.68. The van der Waals surface area contributed by atoms with Gasteiger partial charge in [0.05, 0.1) is 6.10 Å². The Hall–Kier alpha value is -1.41. The Morgan fingerprint density at radius 3 is 2.32 bits per heavy atom. The van der Waals surface area contributed by atoms with Crippen LogP contribution in [0.3, 0.4) is 0 Å². The van der Waals surface area contributed by atoms with Crippen molar-refractivity contribution in [2.24, 2.45) is 0 Å². The van der Waals surface area contributed by atoms with Crippen LogP contribution in [0, 0.1) is 6.92 Å².